The summed E-state index contributed by atoms with van der Waals surface area (Å²) < 4.78 is 2.29. The van der Waals surface area contributed by atoms with E-state index in [-0.39, 0.29) is 6.03 Å². The van der Waals surface area contributed by atoms with Crippen molar-refractivity contribution < 1.29 is 4.79 Å². The molecule has 0 saturated carbocycles. The molecule has 3 aromatic rings. The van der Waals surface area contributed by atoms with Crippen molar-refractivity contribution in [1.82, 2.24) is 24.3 Å². The number of amides is 2. The van der Waals surface area contributed by atoms with Crippen molar-refractivity contribution in [1.29, 1.82) is 0 Å². The number of pyridine rings is 1. The second-order valence-electron chi connectivity index (χ2n) is 8.12. The lowest BCUT2D eigenvalue weighted by Crippen LogP contribution is -2.48. The highest BCUT2D eigenvalue weighted by Crippen LogP contribution is 2.30. The summed E-state index contributed by atoms with van der Waals surface area (Å²) in [5.41, 5.74) is 2.11. The maximum absolute atomic E-state index is 12.8. The van der Waals surface area contributed by atoms with Crippen molar-refractivity contribution in [3.05, 3.63) is 48.9 Å². The van der Waals surface area contributed by atoms with E-state index in [4.69, 9.17) is 0 Å². The first kappa shape index (κ1) is 18.2. The Balaban J connectivity index is 1.30. The van der Waals surface area contributed by atoms with Crippen molar-refractivity contribution in [2.75, 3.05) is 26.2 Å². The Morgan fingerprint density at radius 3 is 2.52 bits per heavy atom. The molecule has 2 aromatic heterocycles. The summed E-state index contributed by atoms with van der Waals surface area (Å²) in [4.78, 5) is 25.9. The van der Waals surface area contributed by atoms with Gasteiger partial charge in [0.1, 0.15) is 5.82 Å². The summed E-state index contributed by atoms with van der Waals surface area (Å²) in [5.74, 6) is 0.997. The van der Waals surface area contributed by atoms with E-state index < -0.39 is 0 Å². The number of likely N-dealkylation sites (tertiary alicyclic amines) is 2. The fourth-order valence-corrected chi connectivity index (χ4v) is 4.67. The lowest BCUT2D eigenvalue weighted by Gasteiger charge is -2.37. The zero-order valence-corrected chi connectivity index (χ0v) is 16.7. The molecule has 4 heterocycles. The van der Waals surface area contributed by atoms with Gasteiger partial charge in [-0.1, -0.05) is 6.07 Å². The molecular weight excluding hydrogens is 362 g/mol. The first-order valence-corrected chi connectivity index (χ1v) is 10.7. The van der Waals surface area contributed by atoms with E-state index >= 15 is 0 Å². The average Bonchev–Trinajstić information content (AvgIpc) is 3.29. The number of nitrogens with zero attached hydrogens (tertiary/aromatic N) is 5. The fourth-order valence-electron chi connectivity index (χ4n) is 4.67. The number of imidazole rings is 1. The van der Waals surface area contributed by atoms with Gasteiger partial charge in [0.2, 0.25) is 0 Å². The molecule has 2 amide bonds. The second-order valence-corrected chi connectivity index (χ2v) is 8.12. The molecule has 2 fully saturated rings. The summed E-state index contributed by atoms with van der Waals surface area (Å²) in [6.45, 7) is 3.47. The van der Waals surface area contributed by atoms with Gasteiger partial charge < -0.3 is 14.4 Å². The average molecular weight is 390 g/mol. The summed E-state index contributed by atoms with van der Waals surface area (Å²) in [5, 5.41) is 1.13. The maximum Gasteiger partial charge on any atom is 0.319 e. The SMILES string of the molecule is O=C(N1CCCCC1)N1CCC(n2ccnc2-c2ccc3ncccc3c2)CC1. The van der Waals surface area contributed by atoms with Crippen LogP contribution in [0.1, 0.15) is 38.1 Å². The summed E-state index contributed by atoms with van der Waals surface area (Å²) in [6, 6.07) is 11.0. The minimum atomic E-state index is 0.232. The van der Waals surface area contributed by atoms with Crippen LogP contribution in [0.4, 0.5) is 4.79 Å². The number of hydrogen-bond donors (Lipinski definition) is 0. The van der Waals surface area contributed by atoms with E-state index in [1.165, 1.54) is 6.42 Å². The quantitative estimate of drug-likeness (QED) is 0.655. The van der Waals surface area contributed by atoms with Crippen LogP contribution in [0.5, 0.6) is 0 Å². The molecule has 2 aliphatic rings. The van der Waals surface area contributed by atoms with Gasteiger partial charge in [0, 0.05) is 61.8 Å². The van der Waals surface area contributed by atoms with E-state index in [9.17, 15) is 4.79 Å². The molecule has 150 valence electrons. The highest BCUT2D eigenvalue weighted by molar-refractivity contribution is 5.83. The van der Waals surface area contributed by atoms with Crippen LogP contribution in [0.25, 0.3) is 22.3 Å². The van der Waals surface area contributed by atoms with E-state index in [1.807, 2.05) is 28.3 Å². The number of hydrogen-bond acceptors (Lipinski definition) is 3. The van der Waals surface area contributed by atoms with Crippen LogP contribution in [0.15, 0.2) is 48.9 Å². The first-order valence-electron chi connectivity index (χ1n) is 10.7. The van der Waals surface area contributed by atoms with Gasteiger partial charge in [-0.25, -0.2) is 9.78 Å². The van der Waals surface area contributed by atoms with Crippen LogP contribution in [0.2, 0.25) is 0 Å². The van der Waals surface area contributed by atoms with Crippen LogP contribution >= 0.6 is 0 Å². The van der Waals surface area contributed by atoms with Gasteiger partial charge in [-0.05, 0) is 56.4 Å². The third-order valence-corrected chi connectivity index (χ3v) is 6.28. The molecule has 29 heavy (non-hydrogen) atoms. The summed E-state index contributed by atoms with van der Waals surface area (Å²) >= 11 is 0. The standard InChI is InChI=1S/C23H27N5O/c29-23(26-12-2-1-3-13-26)27-14-8-20(9-15-27)28-16-11-25-22(28)19-6-7-21-18(17-19)5-4-10-24-21/h4-7,10-11,16-17,20H,1-3,8-9,12-15H2. The Bertz CT molecular complexity index is 999. The van der Waals surface area contributed by atoms with Crippen molar-refractivity contribution in [3.63, 3.8) is 0 Å². The van der Waals surface area contributed by atoms with Crippen LogP contribution < -0.4 is 0 Å². The number of piperidine rings is 2. The second kappa shape index (κ2) is 7.85. The Hall–Kier alpha value is -2.89. The number of rotatable bonds is 2. The van der Waals surface area contributed by atoms with E-state index in [0.29, 0.717) is 6.04 Å². The maximum atomic E-state index is 12.8. The van der Waals surface area contributed by atoms with Crippen LogP contribution in [-0.4, -0.2) is 56.5 Å². The van der Waals surface area contributed by atoms with Crippen LogP contribution in [-0.2, 0) is 0 Å². The number of fused-ring (bicyclic) bond motifs is 1. The molecule has 0 atom stereocenters. The van der Waals surface area contributed by atoms with Crippen LogP contribution in [0.3, 0.4) is 0 Å². The molecule has 0 unspecified atom stereocenters. The van der Waals surface area contributed by atoms with E-state index in [0.717, 1.165) is 74.2 Å². The largest absolute Gasteiger partial charge is 0.328 e. The molecule has 0 radical (unpaired) electrons. The van der Waals surface area contributed by atoms with Crippen molar-refractivity contribution in [2.24, 2.45) is 0 Å². The molecule has 0 spiro atoms. The zero-order valence-electron chi connectivity index (χ0n) is 16.7. The molecule has 6 heteroatoms. The monoisotopic (exact) mass is 389 g/mol. The highest BCUT2D eigenvalue weighted by atomic mass is 16.2. The zero-order chi connectivity index (χ0) is 19.6. The number of aromatic nitrogens is 3. The van der Waals surface area contributed by atoms with Gasteiger partial charge in [0.05, 0.1) is 5.52 Å². The predicted octanol–water partition coefficient (Wildman–Crippen LogP) is 4.34. The molecule has 0 aliphatic carbocycles. The number of carbonyl (C=O) groups is 1. The molecule has 2 aliphatic heterocycles. The number of carbonyl (C=O) groups excluding carboxylic acids is 1. The summed E-state index contributed by atoms with van der Waals surface area (Å²) in [7, 11) is 0. The van der Waals surface area contributed by atoms with Crippen molar-refractivity contribution >= 4 is 16.9 Å². The Morgan fingerprint density at radius 1 is 0.897 bits per heavy atom. The van der Waals surface area contributed by atoms with Gasteiger partial charge in [0.25, 0.3) is 0 Å². The Labute approximate surface area is 171 Å². The van der Waals surface area contributed by atoms with Crippen LogP contribution in [0, 0.1) is 0 Å². The Kier molecular flexibility index (Phi) is 4.92. The molecule has 5 rings (SSSR count). The smallest absolute Gasteiger partial charge is 0.319 e. The molecule has 1 aromatic carbocycles. The van der Waals surface area contributed by atoms with Gasteiger partial charge in [0.15, 0.2) is 0 Å². The van der Waals surface area contributed by atoms with E-state index in [1.54, 1.807) is 0 Å². The minimum absolute atomic E-state index is 0.232. The topological polar surface area (TPSA) is 54.3 Å². The normalized spacial score (nSPS) is 18.3. The van der Waals surface area contributed by atoms with Crippen molar-refractivity contribution in [2.45, 2.75) is 38.1 Å². The molecule has 0 N–H and O–H groups in total. The van der Waals surface area contributed by atoms with Gasteiger partial charge in [-0.15, -0.1) is 0 Å². The van der Waals surface area contributed by atoms with E-state index in [2.05, 4.69) is 45.0 Å². The third kappa shape index (κ3) is 3.59. The number of benzene rings is 1. The lowest BCUT2D eigenvalue weighted by atomic mass is 10.0. The first-order chi connectivity index (χ1) is 14.3. The predicted molar refractivity (Wildman–Crippen MR) is 114 cm³/mol. The highest BCUT2D eigenvalue weighted by Gasteiger charge is 2.28. The molecule has 6 nitrogen and oxygen atoms in total. The van der Waals surface area contributed by atoms with Crippen molar-refractivity contribution in [3.8, 4) is 11.4 Å². The lowest BCUT2D eigenvalue weighted by molar-refractivity contribution is 0.126. The van der Waals surface area contributed by atoms with Gasteiger partial charge >= 0.3 is 6.03 Å². The summed E-state index contributed by atoms with van der Waals surface area (Å²) in [6.07, 6.45) is 11.3. The molecular formula is C23H27N5O. The third-order valence-electron chi connectivity index (χ3n) is 6.28. The fraction of sp³-hybridized carbons (Fsp3) is 0.435. The van der Waals surface area contributed by atoms with Gasteiger partial charge in [-0.3, -0.25) is 4.98 Å². The number of urea groups is 1. The van der Waals surface area contributed by atoms with Gasteiger partial charge in [-0.2, -0.15) is 0 Å². The Morgan fingerprint density at radius 2 is 1.69 bits per heavy atom. The molecule has 0 bridgehead atoms. The molecule has 2 saturated heterocycles. The minimum Gasteiger partial charge on any atom is -0.328 e.